The molecular formula is C17H26IN5O2. The summed E-state index contributed by atoms with van der Waals surface area (Å²) in [4.78, 5) is 8.48. The van der Waals surface area contributed by atoms with E-state index in [4.69, 9.17) is 9.47 Å². The van der Waals surface area contributed by atoms with Crippen molar-refractivity contribution in [3.8, 4) is 5.88 Å². The minimum atomic E-state index is 0. The Morgan fingerprint density at radius 2 is 2.00 bits per heavy atom. The first kappa shape index (κ1) is 21.2. The van der Waals surface area contributed by atoms with Gasteiger partial charge < -0.3 is 24.7 Å². The van der Waals surface area contributed by atoms with E-state index in [9.17, 15) is 0 Å². The topological polar surface area (TPSA) is 72.7 Å². The molecule has 0 amide bonds. The molecule has 2 heterocycles. The van der Waals surface area contributed by atoms with Crippen LogP contribution in [0.3, 0.4) is 0 Å². The van der Waals surface area contributed by atoms with Gasteiger partial charge in [0, 0.05) is 58.4 Å². The summed E-state index contributed by atoms with van der Waals surface area (Å²) in [6.07, 6.45) is 5.88. The van der Waals surface area contributed by atoms with Gasteiger partial charge in [-0.25, -0.2) is 4.98 Å². The van der Waals surface area contributed by atoms with E-state index in [0.29, 0.717) is 25.6 Å². The number of pyridine rings is 1. The Hall–Kier alpha value is -1.81. The molecule has 0 unspecified atom stereocenters. The van der Waals surface area contributed by atoms with Gasteiger partial charge >= 0.3 is 0 Å². The van der Waals surface area contributed by atoms with E-state index in [1.807, 2.05) is 36.7 Å². The van der Waals surface area contributed by atoms with Gasteiger partial charge in [0.1, 0.15) is 6.61 Å². The smallest absolute Gasteiger partial charge is 0.213 e. The molecule has 0 spiro atoms. The fourth-order valence-corrected chi connectivity index (χ4v) is 2.06. The molecule has 0 aliphatic heterocycles. The standard InChI is InChI=1S/C17H25N5O2.HI/c1-18-17(19-7-10-22-8-3-4-9-22)21-14-15-5-6-16(20-13-15)24-12-11-23-2;/h3-6,8-9,13H,7,10-12,14H2,1-2H3,(H2,18,19,21);1H. The number of methoxy groups -OCH3 is 1. The Morgan fingerprint density at radius 1 is 1.20 bits per heavy atom. The molecule has 0 aliphatic carbocycles. The molecule has 0 aromatic carbocycles. The fraction of sp³-hybridized carbons (Fsp3) is 0.412. The Bertz CT molecular complexity index is 602. The quantitative estimate of drug-likeness (QED) is 0.260. The molecular weight excluding hydrogens is 433 g/mol. The third-order valence-electron chi connectivity index (χ3n) is 3.35. The molecule has 2 N–H and O–H groups in total. The van der Waals surface area contributed by atoms with E-state index in [-0.39, 0.29) is 24.0 Å². The predicted octanol–water partition coefficient (Wildman–Crippen LogP) is 1.89. The number of hydrogen-bond donors (Lipinski definition) is 2. The Labute approximate surface area is 165 Å². The third kappa shape index (κ3) is 8.21. The Balaban J connectivity index is 0.00000312. The normalized spacial score (nSPS) is 10.9. The van der Waals surface area contributed by atoms with Gasteiger partial charge in [0.05, 0.1) is 6.61 Å². The molecule has 8 heteroatoms. The zero-order valence-electron chi connectivity index (χ0n) is 14.6. The zero-order valence-corrected chi connectivity index (χ0v) is 17.0. The first-order valence-corrected chi connectivity index (χ1v) is 7.93. The van der Waals surface area contributed by atoms with Gasteiger partial charge in [-0.2, -0.15) is 0 Å². The maximum atomic E-state index is 5.44. The summed E-state index contributed by atoms with van der Waals surface area (Å²) < 4.78 is 12.5. The fourth-order valence-electron chi connectivity index (χ4n) is 2.06. The molecule has 2 rings (SSSR count). The summed E-state index contributed by atoms with van der Waals surface area (Å²) in [5, 5.41) is 6.55. The highest BCUT2D eigenvalue weighted by Gasteiger charge is 2.00. The molecule has 0 bridgehead atoms. The summed E-state index contributed by atoms with van der Waals surface area (Å²) in [5.74, 6) is 1.37. The predicted molar refractivity (Wildman–Crippen MR) is 110 cm³/mol. The summed E-state index contributed by atoms with van der Waals surface area (Å²) in [6.45, 7) is 3.39. The lowest BCUT2D eigenvalue weighted by molar-refractivity contribution is 0.143. The van der Waals surface area contributed by atoms with Crippen LogP contribution >= 0.6 is 24.0 Å². The van der Waals surface area contributed by atoms with E-state index in [1.165, 1.54) is 0 Å². The van der Waals surface area contributed by atoms with Crippen LogP contribution in [-0.2, 0) is 17.8 Å². The number of aliphatic imine (C=N–C) groups is 1. The molecule has 0 radical (unpaired) electrons. The summed E-state index contributed by atoms with van der Waals surface area (Å²) >= 11 is 0. The van der Waals surface area contributed by atoms with Crippen LogP contribution < -0.4 is 15.4 Å². The SMILES string of the molecule is CN=C(NCCn1cccc1)NCc1ccc(OCCOC)nc1.I. The molecule has 0 fully saturated rings. The second-order valence-corrected chi connectivity index (χ2v) is 5.12. The van der Waals surface area contributed by atoms with Crippen molar-refractivity contribution >= 4 is 29.9 Å². The minimum Gasteiger partial charge on any atom is -0.475 e. The van der Waals surface area contributed by atoms with Crippen molar-refractivity contribution in [3.05, 3.63) is 48.4 Å². The molecule has 0 aliphatic rings. The first-order valence-electron chi connectivity index (χ1n) is 7.93. The van der Waals surface area contributed by atoms with E-state index in [1.54, 1.807) is 20.4 Å². The second-order valence-electron chi connectivity index (χ2n) is 5.12. The van der Waals surface area contributed by atoms with Crippen LogP contribution in [0.25, 0.3) is 0 Å². The number of aromatic nitrogens is 2. The number of rotatable bonds is 9. The van der Waals surface area contributed by atoms with E-state index >= 15 is 0 Å². The lowest BCUT2D eigenvalue weighted by atomic mass is 10.3. The second kappa shape index (κ2) is 12.5. The number of nitrogens with zero attached hydrogens (tertiary/aromatic N) is 3. The van der Waals surface area contributed by atoms with Crippen LogP contribution in [0.5, 0.6) is 5.88 Å². The van der Waals surface area contributed by atoms with Crippen LogP contribution in [0.1, 0.15) is 5.56 Å². The van der Waals surface area contributed by atoms with Crippen LogP contribution in [0.15, 0.2) is 47.8 Å². The molecule has 138 valence electrons. The van der Waals surface area contributed by atoms with Gasteiger partial charge in [0.2, 0.25) is 5.88 Å². The Kier molecular flexibility index (Phi) is 10.6. The maximum absolute atomic E-state index is 5.44. The van der Waals surface area contributed by atoms with E-state index in [0.717, 1.165) is 24.6 Å². The van der Waals surface area contributed by atoms with Crippen molar-refractivity contribution in [2.75, 3.05) is 33.9 Å². The average Bonchev–Trinajstić information content (AvgIpc) is 3.13. The number of guanidine groups is 1. The summed E-state index contributed by atoms with van der Waals surface area (Å²) in [7, 11) is 3.40. The van der Waals surface area contributed by atoms with Gasteiger partial charge in [-0.05, 0) is 17.7 Å². The lowest BCUT2D eigenvalue weighted by Gasteiger charge is -2.12. The minimum absolute atomic E-state index is 0. The van der Waals surface area contributed by atoms with Gasteiger partial charge in [-0.15, -0.1) is 24.0 Å². The van der Waals surface area contributed by atoms with Crippen molar-refractivity contribution in [1.82, 2.24) is 20.2 Å². The van der Waals surface area contributed by atoms with Crippen molar-refractivity contribution in [2.24, 2.45) is 4.99 Å². The van der Waals surface area contributed by atoms with Crippen LogP contribution in [0.2, 0.25) is 0 Å². The van der Waals surface area contributed by atoms with Gasteiger partial charge in [0.25, 0.3) is 0 Å². The van der Waals surface area contributed by atoms with Crippen LogP contribution in [0, 0.1) is 0 Å². The average molecular weight is 459 g/mol. The van der Waals surface area contributed by atoms with E-state index < -0.39 is 0 Å². The summed E-state index contributed by atoms with van der Waals surface area (Å²) in [6, 6.07) is 7.87. The molecule has 7 nitrogen and oxygen atoms in total. The number of hydrogen-bond acceptors (Lipinski definition) is 4. The van der Waals surface area contributed by atoms with Gasteiger partial charge in [-0.1, -0.05) is 6.07 Å². The van der Waals surface area contributed by atoms with Crippen LogP contribution in [-0.4, -0.2) is 49.4 Å². The van der Waals surface area contributed by atoms with Crippen LogP contribution in [0.4, 0.5) is 0 Å². The largest absolute Gasteiger partial charge is 0.475 e. The molecule has 0 saturated heterocycles. The van der Waals surface area contributed by atoms with Crippen molar-refractivity contribution < 1.29 is 9.47 Å². The molecule has 2 aromatic heterocycles. The van der Waals surface area contributed by atoms with Crippen molar-refractivity contribution in [2.45, 2.75) is 13.1 Å². The van der Waals surface area contributed by atoms with Crippen molar-refractivity contribution in [1.29, 1.82) is 0 Å². The van der Waals surface area contributed by atoms with Gasteiger partial charge in [0.15, 0.2) is 5.96 Å². The zero-order chi connectivity index (χ0) is 17.0. The van der Waals surface area contributed by atoms with Crippen molar-refractivity contribution in [3.63, 3.8) is 0 Å². The molecule has 0 saturated carbocycles. The number of ether oxygens (including phenoxy) is 2. The van der Waals surface area contributed by atoms with E-state index in [2.05, 4.69) is 25.2 Å². The summed E-state index contributed by atoms with van der Waals surface area (Å²) in [5.41, 5.74) is 1.06. The monoisotopic (exact) mass is 459 g/mol. The lowest BCUT2D eigenvalue weighted by Crippen LogP contribution is -2.38. The molecule has 2 aromatic rings. The first-order chi connectivity index (χ1) is 11.8. The number of nitrogens with one attached hydrogen (secondary N) is 2. The third-order valence-corrected chi connectivity index (χ3v) is 3.35. The maximum Gasteiger partial charge on any atom is 0.213 e. The highest BCUT2D eigenvalue weighted by atomic mass is 127. The highest BCUT2D eigenvalue weighted by Crippen LogP contribution is 2.07. The Morgan fingerprint density at radius 3 is 2.64 bits per heavy atom. The highest BCUT2D eigenvalue weighted by molar-refractivity contribution is 14.0. The molecule has 0 atom stereocenters. The number of halogens is 1. The molecule has 25 heavy (non-hydrogen) atoms. The van der Waals surface area contributed by atoms with Gasteiger partial charge in [-0.3, -0.25) is 4.99 Å².